The van der Waals surface area contributed by atoms with E-state index in [1.165, 1.54) is 68.3 Å². The van der Waals surface area contributed by atoms with Gasteiger partial charge >= 0.3 is 0 Å². The Morgan fingerprint density at radius 1 is 1.16 bits per heavy atom. The van der Waals surface area contributed by atoms with Crippen LogP contribution >= 0.6 is 11.3 Å². The quantitative estimate of drug-likeness (QED) is 0.596. The average Bonchev–Trinajstić information content (AvgIpc) is 3.16. The maximum atomic E-state index is 12.2. The molecule has 3 rings (SSSR count). The number of carbonyl (C=O) groups excluding carboxylic acids is 1. The zero-order valence-corrected chi connectivity index (χ0v) is 15.9. The van der Waals surface area contributed by atoms with Crippen LogP contribution in [0.3, 0.4) is 0 Å². The van der Waals surface area contributed by atoms with Gasteiger partial charge in [-0.05, 0) is 55.2 Å². The Hall–Kier alpha value is -1.68. The monoisotopic (exact) mass is 356 g/mol. The van der Waals surface area contributed by atoms with Crippen molar-refractivity contribution in [2.75, 3.05) is 5.32 Å². The number of aromatic nitrogens is 1. The molecule has 0 atom stereocenters. The molecule has 1 aliphatic rings. The lowest BCUT2D eigenvalue weighted by atomic mass is 9.77. The summed E-state index contributed by atoms with van der Waals surface area (Å²) < 4.78 is 0. The molecule has 1 fully saturated rings. The summed E-state index contributed by atoms with van der Waals surface area (Å²) in [6.07, 6.45) is 12.5. The van der Waals surface area contributed by atoms with Crippen LogP contribution in [0.4, 0.5) is 5.13 Å². The van der Waals surface area contributed by atoms with Gasteiger partial charge in [0.1, 0.15) is 0 Å². The van der Waals surface area contributed by atoms with Gasteiger partial charge in [-0.2, -0.15) is 0 Å². The van der Waals surface area contributed by atoms with Crippen molar-refractivity contribution in [2.24, 2.45) is 5.92 Å². The summed E-state index contributed by atoms with van der Waals surface area (Å²) in [5.41, 5.74) is 2.09. The van der Waals surface area contributed by atoms with Crippen LogP contribution in [0, 0.1) is 5.92 Å². The maximum Gasteiger partial charge on any atom is 0.257 e. The van der Waals surface area contributed by atoms with Gasteiger partial charge < -0.3 is 0 Å². The Bertz CT molecular complexity index is 643. The Balaban J connectivity index is 1.50. The van der Waals surface area contributed by atoms with Gasteiger partial charge in [0.15, 0.2) is 5.13 Å². The molecule has 0 bridgehead atoms. The number of carbonyl (C=O) groups is 1. The molecule has 0 aliphatic heterocycles. The van der Waals surface area contributed by atoms with Gasteiger partial charge in [-0.3, -0.25) is 10.1 Å². The number of anilines is 1. The number of thiazole rings is 1. The molecule has 1 saturated carbocycles. The van der Waals surface area contributed by atoms with E-state index in [2.05, 4.69) is 29.4 Å². The molecular formula is C21H28N2OS. The van der Waals surface area contributed by atoms with Gasteiger partial charge in [-0.25, -0.2) is 4.98 Å². The van der Waals surface area contributed by atoms with E-state index < -0.39 is 0 Å². The molecule has 0 spiro atoms. The first-order valence-electron chi connectivity index (χ1n) is 9.57. The Labute approximate surface area is 154 Å². The summed E-state index contributed by atoms with van der Waals surface area (Å²) in [6, 6.07) is 8.18. The number of hydrogen-bond acceptors (Lipinski definition) is 3. The first-order chi connectivity index (χ1) is 12.3. The third kappa shape index (κ3) is 5.15. The lowest BCUT2D eigenvalue weighted by Gasteiger charge is -2.29. The normalized spacial score (nSPS) is 20.4. The third-order valence-corrected chi connectivity index (χ3v) is 6.05. The third-order valence-electron chi connectivity index (χ3n) is 5.36. The zero-order chi connectivity index (χ0) is 17.5. The fraction of sp³-hybridized carbons (Fsp3) is 0.524. The number of nitrogens with one attached hydrogen (secondary N) is 1. The highest BCUT2D eigenvalue weighted by atomic mass is 32.1. The number of rotatable bonds is 7. The van der Waals surface area contributed by atoms with E-state index >= 15 is 0 Å². The van der Waals surface area contributed by atoms with Crippen molar-refractivity contribution in [3.05, 3.63) is 47.0 Å². The topological polar surface area (TPSA) is 42.0 Å². The van der Waals surface area contributed by atoms with Crippen LogP contribution < -0.4 is 5.32 Å². The van der Waals surface area contributed by atoms with Gasteiger partial charge in [-0.15, -0.1) is 11.3 Å². The number of amides is 1. The molecule has 4 heteroatoms. The number of benzene rings is 1. The van der Waals surface area contributed by atoms with E-state index in [1.54, 1.807) is 6.20 Å². The standard InChI is InChI=1S/C21H28N2OS/c1-2-3-4-5-16-6-8-17(9-7-16)18-10-12-19(13-11-18)20(24)23-21-22-14-15-25-21/h10-17H,2-9H2,1H3,(H,22,23,24). The first-order valence-corrected chi connectivity index (χ1v) is 10.4. The van der Waals surface area contributed by atoms with E-state index in [9.17, 15) is 4.79 Å². The highest BCUT2D eigenvalue weighted by Gasteiger charge is 2.22. The van der Waals surface area contributed by atoms with Crippen molar-refractivity contribution in [1.82, 2.24) is 4.98 Å². The number of hydrogen-bond donors (Lipinski definition) is 1. The van der Waals surface area contributed by atoms with Crippen molar-refractivity contribution in [3.63, 3.8) is 0 Å². The predicted octanol–water partition coefficient (Wildman–Crippen LogP) is 6.25. The van der Waals surface area contributed by atoms with Gasteiger partial charge in [0.2, 0.25) is 0 Å². The van der Waals surface area contributed by atoms with Crippen molar-refractivity contribution in [3.8, 4) is 0 Å². The van der Waals surface area contributed by atoms with Crippen molar-refractivity contribution >= 4 is 22.4 Å². The molecule has 1 N–H and O–H groups in total. The van der Waals surface area contributed by atoms with E-state index in [-0.39, 0.29) is 5.91 Å². The molecule has 0 unspecified atom stereocenters. The summed E-state index contributed by atoms with van der Waals surface area (Å²) in [5.74, 6) is 1.52. The number of unbranched alkanes of at least 4 members (excludes halogenated alkanes) is 2. The zero-order valence-electron chi connectivity index (χ0n) is 15.0. The van der Waals surface area contributed by atoms with Crippen LogP contribution in [0.2, 0.25) is 0 Å². The summed E-state index contributed by atoms with van der Waals surface area (Å²) in [4.78, 5) is 16.3. The molecule has 0 saturated heterocycles. The fourth-order valence-corrected chi connectivity index (χ4v) is 4.35. The van der Waals surface area contributed by atoms with Crippen LogP contribution in [0.15, 0.2) is 35.8 Å². The second-order valence-corrected chi connectivity index (χ2v) is 8.02. The molecule has 1 amide bonds. The lowest BCUT2D eigenvalue weighted by Crippen LogP contribution is -2.14. The van der Waals surface area contributed by atoms with Gasteiger partial charge in [0.05, 0.1) is 0 Å². The van der Waals surface area contributed by atoms with Crippen LogP contribution in [-0.2, 0) is 0 Å². The van der Waals surface area contributed by atoms with E-state index in [0.717, 1.165) is 5.92 Å². The van der Waals surface area contributed by atoms with Crippen molar-refractivity contribution < 1.29 is 4.79 Å². The highest BCUT2D eigenvalue weighted by Crippen LogP contribution is 2.37. The van der Waals surface area contributed by atoms with Crippen LogP contribution in [0.1, 0.15) is 80.1 Å². The first kappa shape index (κ1) is 18.1. The maximum absolute atomic E-state index is 12.2. The average molecular weight is 357 g/mol. The van der Waals surface area contributed by atoms with Crippen LogP contribution in [0.25, 0.3) is 0 Å². The summed E-state index contributed by atoms with van der Waals surface area (Å²) in [6.45, 7) is 2.28. The van der Waals surface area contributed by atoms with E-state index in [1.807, 2.05) is 17.5 Å². The van der Waals surface area contributed by atoms with Gasteiger partial charge in [-0.1, -0.05) is 44.7 Å². The summed E-state index contributed by atoms with van der Waals surface area (Å²) in [7, 11) is 0. The molecule has 1 aromatic carbocycles. The van der Waals surface area contributed by atoms with Gasteiger partial charge in [0, 0.05) is 17.1 Å². The minimum Gasteiger partial charge on any atom is -0.298 e. The molecule has 1 aliphatic carbocycles. The van der Waals surface area contributed by atoms with E-state index in [4.69, 9.17) is 0 Å². The molecule has 1 aromatic heterocycles. The summed E-state index contributed by atoms with van der Waals surface area (Å²) >= 11 is 1.44. The lowest BCUT2D eigenvalue weighted by molar-refractivity contribution is 0.102. The molecule has 3 nitrogen and oxygen atoms in total. The fourth-order valence-electron chi connectivity index (χ4n) is 3.83. The second kappa shape index (κ2) is 9.14. The number of nitrogens with zero attached hydrogens (tertiary/aromatic N) is 1. The smallest absolute Gasteiger partial charge is 0.257 e. The molecule has 1 heterocycles. The second-order valence-electron chi connectivity index (χ2n) is 7.13. The van der Waals surface area contributed by atoms with Crippen LogP contribution in [0.5, 0.6) is 0 Å². The van der Waals surface area contributed by atoms with Gasteiger partial charge in [0.25, 0.3) is 5.91 Å². The largest absolute Gasteiger partial charge is 0.298 e. The minimum absolute atomic E-state index is 0.0823. The molecule has 25 heavy (non-hydrogen) atoms. The Kier molecular flexibility index (Phi) is 6.62. The van der Waals surface area contributed by atoms with Crippen LogP contribution in [-0.4, -0.2) is 10.9 Å². The molecule has 0 radical (unpaired) electrons. The molecular weight excluding hydrogens is 328 g/mol. The summed E-state index contributed by atoms with van der Waals surface area (Å²) in [5, 5.41) is 5.34. The minimum atomic E-state index is -0.0823. The molecule has 2 aromatic rings. The molecule has 134 valence electrons. The Morgan fingerprint density at radius 3 is 2.56 bits per heavy atom. The van der Waals surface area contributed by atoms with Crippen molar-refractivity contribution in [1.29, 1.82) is 0 Å². The van der Waals surface area contributed by atoms with Crippen molar-refractivity contribution in [2.45, 2.75) is 64.2 Å². The highest BCUT2D eigenvalue weighted by molar-refractivity contribution is 7.13. The predicted molar refractivity (Wildman–Crippen MR) is 105 cm³/mol. The SMILES string of the molecule is CCCCCC1CCC(c2ccc(C(=O)Nc3nccs3)cc2)CC1. The Morgan fingerprint density at radius 2 is 1.92 bits per heavy atom. The van der Waals surface area contributed by atoms with E-state index in [0.29, 0.717) is 16.6 Å².